The minimum atomic E-state index is -1.96. The Hall–Kier alpha value is -1.98. The van der Waals surface area contributed by atoms with E-state index in [0.29, 0.717) is 24.5 Å². The number of hydrogen-bond acceptors (Lipinski definition) is 7. The zero-order valence-electron chi connectivity index (χ0n) is 20.7. The SMILES string of the molecule is CSCO[C@H]1C[C@H](n2ccc(NC(=O)c3ccccc3)nc2=O)O[C@@H]1CO[Si](C)(C)C(C)(C)C. The third-order valence-electron chi connectivity index (χ3n) is 6.41. The summed E-state index contributed by atoms with van der Waals surface area (Å²) in [5, 5.41) is 2.75. The minimum absolute atomic E-state index is 0.0848. The number of carbonyl (C=O) groups excluding carboxylic acids is 1. The number of thioether (sulfide) groups is 1. The molecule has 1 aliphatic rings. The van der Waals surface area contributed by atoms with E-state index < -0.39 is 20.2 Å². The summed E-state index contributed by atoms with van der Waals surface area (Å²) in [5.41, 5.74) is -0.00333. The molecule has 0 bridgehead atoms. The zero-order valence-corrected chi connectivity index (χ0v) is 22.6. The summed E-state index contributed by atoms with van der Waals surface area (Å²) in [4.78, 5) is 29.2. The maximum Gasteiger partial charge on any atom is 0.351 e. The van der Waals surface area contributed by atoms with Crippen molar-refractivity contribution in [3.8, 4) is 0 Å². The molecule has 0 unspecified atom stereocenters. The van der Waals surface area contributed by atoms with Gasteiger partial charge in [-0.15, -0.1) is 11.8 Å². The lowest BCUT2D eigenvalue weighted by Gasteiger charge is -2.37. The number of hydrogen-bond donors (Lipinski definition) is 1. The van der Waals surface area contributed by atoms with Gasteiger partial charge >= 0.3 is 5.69 Å². The van der Waals surface area contributed by atoms with Crippen molar-refractivity contribution in [1.82, 2.24) is 9.55 Å². The number of aromatic nitrogens is 2. The number of nitrogens with zero attached hydrogens (tertiary/aromatic N) is 2. The first-order valence-corrected chi connectivity index (χ1v) is 15.7. The normalized spacial score (nSPS) is 20.9. The van der Waals surface area contributed by atoms with Crippen molar-refractivity contribution < 1.29 is 18.7 Å². The average molecular weight is 506 g/mol. The lowest BCUT2D eigenvalue weighted by Crippen LogP contribution is -2.44. The highest BCUT2D eigenvalue weighted by Gasteiger charge is 2.42. The van der Waals surface area contributed by atoms with Gasteiger partial charge in [-0.2, -0.15) is 4.98 Å². The summed E-state index contributed by atoms with van der Waals surface area (Å²) in [6.45, 7) is 11.4. The van der Waals surface area contributed by atoms with E-state index in [-0.39, 0.29) is 29.0 Å². The Morgan fingerprint density at radius 1 is 1.26 bits per heavy atom. The molecule has 0 saturated carbocycles. The van der Waals surface area contributed by atoms with Crippen LogP contribution >= 0.6 is 11.8 Å². The van der Waals surface area contributed by atoms with Gasteiger partial charge in [0.1, 0.15) is 18.1 Å². The molecule has 0 radical (unpaired) electrons. The van der Waals surface area contributed by atoms with Gasteiger partial charge in [-0.1, -0.05) is 39.0 Å². The van der Waals surface area contributed by atoms with E-state index in [9.17, 15) is 9.59 Å². The second-order valence-corrected chi connectivity index (χ2v) is 15.5. The number of benzene rings is 1. The van der Waals surface area contributed by atoms with E-state index in [2.05, 4.69) is 44.2 Å². The first-order chi connectivity index (χ1) is 16.0. The number of amides is 1. The fraction of sp³-hybridized carbons (Fsp3) is 0.542. The summed E-state index contributed by atoms with van der Waals surface area (Å²) < 4.78 is 20.1. The summed E-state index contributed by atoms with van der Waals surface area (Å²) in [5.74, 6) is 0.409. The second kappa shape index (κ2) is 11.2. The lowest BCUT2D eigenvalue weighted by molar-refractivity contribution is -0.0528. The van der Waals surface area contributed by atoms with Crippen molar-refractivity contribution in [3.05, 3.63) is 58.6 Å². The Labute approximate surface area is 206 Å². The van der Waals surface area contributed by atoms with Crippen LogP contribution in [0.25, 0.3) is 0 Å². The molecular weight excluding hydrogens is 470 g/mol. The Kier molecular flexibility index (Phi) is 8.75. The van der Waals surface area contributed by atoms with E-state index in [1.54, 1.807) is 48.3 Å². The van der Waals surface area contributed by atoms with Crippen LogP contribution in [0.4, 0.5) is 5.82 Å². The maximum absolute atomic E-state index is 12.8. The summed E-state index contributed by atoms with van der Waals surface area (Å²) in [6, 6.07) is 10.4. The molecule has 3 atom stereocenters. The van der Waals surface area contributed by atoms with Gasteiger partial charge in [-0.05, 0) is 42.6 Å². The number of rotatable bonds is 9. The van der Waals surface area contributed by atoms with Crippen LogP contribution in [0.5, 0.6) is 0 Å². The highest BCUT2D eigenvalue weighted by atomic mass is 32.2. The minimum Gasteiger partial charge on any atom is -0.414 e. The van der Waals surface area contributed by atoms with Gasteiger partial charge in [0.25, 0.3) is 5.91 Å². The van der Waals surface area contributed by atoms with Gasteiger partial charge in [0, 0.05) is 18.2 Å². The summed E-state index contributed by atoms with van der Waals surface area (Å²) in [7, 11) is -1.96. The number of anilines is 1. The maximum atomic E-state index is 12.8. The van der Waals surface area contributed by atoms with Crippen LogP contribution in [0.3, 0.4) is 0 Å². The number of nitrogens with one attached hydrogen (secondary N) is 1. The molecule has 10 heteroatoms. The molecule has 1 saturated heterocycles. The molecule has 186 valence electrons. The first-order valence-electron chi connectivity index (χ1n) is 11.4. The second-order valence-electron chi connectivity index (χ2n) is 9.87. The van der Waals surface area contributed by atoms with Gasteiger partial charge in [-0.25, -0.2) is 4.79 Å². The van der Waals surface area contributed by atoms with Crippen LogP contribution in [0.1, 0.15) is 43.8 Å². The van der Waals surface area contributed by atoms with Gasteiger partial charge in [0.2, 0.25) is 0 Å². The topological polar surface area (TPSA) is 91.7 Å². The molecule has 3 rings (SSSR count). The highest BCUT2D eigenvalue weighted by Crippen LogP contribution is 2.38. The van der Waals surface area contributed by atoms with Crippen molar-refractivity contribution in [1.29, 1.82) is 0 Å². The highest BCUT2D eigenvalue weighted by molar-refractivity contribution is 7.98. The van der Waals surface area contributed by atoms with Crippen LogP contribution in [0, 0.1) is 0 Å². The third kappa shape index (κ3) is 6.57. The van der Waals surface area contributed by atoms with Crippen molar-refractivity contribution in [3.63, 3.8) is 0 Å². The third-order valence-corrected chi connectivity index (χ3v) is 11.3. The van der Waals surface area contributed by atoms with Gasteiger partial charge in [-0.3, -0.25) is 9.36 Å². The predicted molar refractivity (Wildman–Crippen MR) is 138 cm³/mol. The quantitative estimate of drug-likeness (QED) is 0.396. The largest absolute Gasteiger partial charge is 0.414 e. The van der Waals surface area contributed by atoms with E-state index in [4.69, 9.17) is 13.9 Å². The van der Waals surface area contributed by atoms with E-state index >= 15 is 0 Å². The zero-order chi connectivity index (χ0) is 24.9. The Morgan fingerprint density at radius 3 is 2.59 bits per heavy atom. The van der Waals surface area contributed by atoms with Crippen LogP contribution in [-0.2, 0) is 13.9 Å². The molecule has 1 aromatic carbocycles. The van der Waals surface area contributed by atoms with E-state index in [0.717, 1.165) is 0 Å². The molecule has 0 aliphatic carbocycles. The molecule has 8 nitrogen and oxygen atoms in total. The van der Waals surface area contributed by atoms with Crippen LogP contribution < -0.4 is 11.0 Å². The molecule has 1 aliphatic heterocycles. The number of carbonyl (C=O) groups is 1. The average Bonchev–Trinajstić information content (AvgIpc) is 3.19. The molecule has 1 amide bonds. The molecule has 1 aromatic heterocycles. The summed E-state index contributed by atoms with van der Waals surface area (Å²) >= 11 is 1.59. The monoisotopic (exact) mass is 505 g/mol. The Balaban J connectivity index is 1.70. The molecule has 1 fully saturated rings. The first kappa shape index (κ1) is 26.6. The molecule has 2 aromatic rings. The van der Waals surface area contributed by atoms with Crippen molar-refractivity contribution in [2.75, 3.05) is 24.1 Å². The van der Waals surface area contributed by atoms with Crippen LogP contribution in [-0.4, -0.2) is 54.8 Å². The molecule has 34 heavy (non-hydrogen) atoms. The van der Waals surface area contributed by atoms with E-state index in [1.807, 2.05) is 12.3 Å². The molecule has 1 N–H and O–H groups in total. The van der Waals surface area contributed by atoms with Crippen LogP contribution in [0.15, 0.2) is 47.4 Å². The van der Waals surface area contributed by atoms with E-state index in [1.165, 1.54) is 4.57 Å². The molecule has 2 heterocycles. The van der Waals surface area contributed by atoms with Gasteiger partial charge < -0.3 is 19.2 Å². The fourth-order valence-electron chi connectivity index (χ4n) is 3.34. The fourth-order valence-corrected chi connectivity index (χ4v) is 4.66. The molecule has 0 spiro atoms. The van der Waals surface area contributed by atoms with Crippen molar-refractivity contribution in [2.24, 2.45) is 0 Å². The number of ether oxygens (including phenoxy) is 2. The van der Waals surface area contributed by atoms with Crippen molar-refractivity contribution >= 4 is 31.8 Å². The molecular formula is C24H35N3O5SSi. The smallest absolute Gasteiger partial charge is 0.351 e. The predicted octanol–water partition coefficient (Wildman–Crippen LogP) is 4.51. The van der Waals surface area contributed by atoms with Crippen molar-refractivity contribution in [2.45, 2.75) is 63.8 Å². The van der Waals surface area contributed by atoms with Gasteiger partial charge in [0.05, 0.1) is 18.6 Å². The Bertz CT molecular complexity index is 1030. The van der Waals surface area contributed by atoms with Crippen LogP contribution in [0.2, 0.25) is 18.1 Å². The standard InChI is InChI=1S/C24H35N3O5SSi/c1-24(2,3)34(5,6)31-15-19-18(30-16-33-4)14-21(32-19)27-13-12-20(26-23(27)29)25-22(28)17-10-8-7-9-11-17/h7-13,18-19,21H,14-16H2,1-6H3,(H,25,26,28,29)/t18-,19+,21+/m0/s1. The summed E-state index contributed by atoms with van der Waals surface area (Å²) in [6.07, 6.45) is 3.11. The lowest BCUT2D eigenvalue weighted by atomic mass is 10.2. The van der Waals surface area contributed by atoms with Gasteiger partial charge in [0.15, 0.2) is 8.32 Å². The Morgan fingerprint density at radius 2 is 1.97 bits per heavy atom.